The van der Waals surface area contributed by atoms with Gasteiger partial charge in [-0.1, -0.05) is 20.3 Å². The fraction of sp³-hybridized carbons (Fsp3) is 0.481. The SMILES string of the molecule is CC[C@H](C)[C@H](N)C(=O)NS(=O)(=O)OC[C@H]1O[C@@H](CCn2nnc(-c3ccc(Oc4ccc(OC)cc4)cc3)n2)[C@H](O)[C@@H]1O. The number of tetrazole rings is 1. The zero-order valence-corrected chi connectivity index (χ0v) is 24.8. The van der Waals surface area contributed by atoms with Crippen molar-refractivity contribution in [2.24, 2.45) is 11.7 Å². The minimum absolute atomic E-state index is 0.187. The van der Waals surface area contributed by atoms with E-state index >= 15 is 0 Å². The summed E-state index contributed by atoms with van der Waals surface area (Å²) in [6.07, 6.45) is -3.98. The number of amides is 1. The van der Waals surface area contributed by atoms with E-state index in [1.807, 2.05) is 6.92 Å². The molecule has 1 aromatic heterocycles. The third-order valence-electron chi connectivity index (χ3n) is 7.11. The summed E-state index contributed by atoms with van der Waals surface area (Å²) in [7, 11) is -2.92. The van der Waals surface area contributed by atoms with Crippen LogP contribution in [0.4, 0.5) is 0 Å². The van der Waals surface area contributed by atoms with Crippen LogP contribution in [0.25, 0.3) is 11.4 Å². The number of aromatic nitrogens is 4. The van der Waals surface area contributed by atoms with Crippen molar-refractivity contribution in [3.05, 3.63) is 48.5 Å². The molecular formula is C27H36N6O9S. The number of aliphatic hydroxyl groups is 2. The Labute approximate surface area is 249 Å². The van der Waals surface area contributed by atoms with E-state index in [0.29, 0.717) is 29.3 Å². The molecule has 43 heavy (non-hydrogen) atoms. The number of ether oxygens (including phenoxy) is 3. The number of nitrogens with two attached hydrogens (primary N) is 1. The first-order chi connectivity index (χ1) is 20.5. The number of aryl methyl sites for hydroxylation is 1. The number of carbonyl (C=O) groups excluding carboxylic acids is 1. The van der Waals surface area contributed by atoms with E-state index in [4.69, 9.17) is 24.1 Å². The highest BCUT2D eigenvalue weighted by atomic mass is 32.2. The van der Waals surface area contributed by atoms with Crippen LogP contribution in [0, 0.1) is 5.92 Å². The van der Waals surface area contributed by atoms with Gasteiger partial charge >= 0.3 is 10.3 Å². The van der Waals surface area contributed by atoms with Crippen molar-refractivity contribution in [1.29, 1.82) is 0 Å². The molecule has 0 spiro atoms. The summed E-state index contributed by atoms with van der Waals surface area (Å²) in [4.78, 5) is 13.4. The Kier molecular flexibility index (Phi) is 10.6. The monoisotopic (exact) mass is 620 g/mol. The molecule has 1 saturated heterocycles. The molecule has 3 aromatic rings. The molecule has 0 unspecified atom stereocenters. The van der Waals surface area contributed by atoms with Gasteiger partial charge in [0.05, 0.1) is 32.4 Å². The van der Waals surface area contributed by atoms with Crippen molar-refractivity contribution in [3.63, 3.8) is 0 Å². The summed E-state index contributed by atoms with van der Waals surface area (Å²) in [6.45, 7) is 3.10. The maximum Gasteiger partial charge on any atom is 0.362 e. The molecule has 0 saturated carbocycles. The Morgan fingerprint density at radius 1 is 1.07 bits per heavy atom. The first-order valence-corrected chi connectivity index (χ1v) is 15.1. The van der Waals surface area contributed by atoms with Crippen LogP contribution in [0.5, 0.6) is 17.2 Å². The van der Waals surface area contributed by atoms with E-state index in [9.17, 15) is 23.4 Å². The van der Waals surface area contributed by atoms with Crippen molar-refractivity contribution in [2.75, 3.05) is 13.7 Å². The molecule has 16 heteroatoms. The number of nitrogens with one attached hydrogen (secondary N) is 1. The lowest BCUT2D eigenvalue weighted by Crippen LogP contribution is -2.47. The number of hydrogen-bond acceptors (Lipinski definition) is 13. The van der Waals surface area contributed by atoms with E-state index in [-0.39, 0.29) is 18.9 Å². The van der Waals surface area contributed by atoms with Crippen LogP contribution in [0.1, 0.15) is 26.7 Å². The predicted octanol–water partition coefficient (Wildman–Crippen LogP) is 0.771. The molecule has 1 fully saturated rings. The molecule has 6 atom stereocenters. The summed E-state index contributed by atoms with van der Waals surface area (Å²) in [5.41, 5.74) is 6.46. The third-order valence-corrected chi connectivity index (χ3v) is 8.01. The highest BCUT2D eigenvalue weighted by Crippen LogP contribution is 2.27. The Balaban J connectivity index is 1.26. The Morgan fingerprint density at radius 3 is 2.30 bits per heavy atom. The average Bonchev–Trinajstić information content (AvgIpc) is 3.59. The van der Waals surface area contributed by atoms with Gasteiger partial charge in [-0.2, -0.15) is 13.2 Å². The van der Waals surface area contributed by atoms with Gasteiger partial charge in [-0.15, -0.1) is 10.2 Å². The van der Waals surface area contributed by atoms with Crippen LogP contribution in [0.15, 0.2) is 48.5 Å². The highest BCUT2D eigenvalue weighted by molar-refractivity contribution is 7.85. The predicted molar refractivity (Wildman–Crippen MR) is 152 cm³/mol. The fourth-order valence-electron chi connectivity index (χ4n) is 4.24. The van der Waals surface area contributed by atoms with Gasteiger partial charge in [0, 0.05) is 5.56 Å². The Bertz CT molecular complexity index is 1450. The first kappa shape index (κ1) is 32.2. The quantitative estimate of drug-likeness (QED) is 0.196. The van der Waals surface area contributed by atoms with Crippen molar-refractivity contribution in [3.8, 4) is 28.6 Å². The second-order valence-electron chi connectivity index (χ2n) is 10.1. The summed E-state index contributed by atoms with van der Waals surface area (Å²) >= 11 is 0. The number of rotatable bonds is 14. The second kappa shape index (κ2) is 14.2. The first-order valence-electron chi connectivity index (χ1n) is 13.7. The van der Waals surface area contributed by atoms with Crippen molar-refractivity contribution >= 4 is 16.2 Å². The molecule has 0 aliphatic carbocycles. The molecule has 1 amide bonds. The molecule has 0 radical (unpaired) electrons. The minimum Gasteiger partial charge on any atom is -0.497 e. The summed E-state index contributed by atoms with van der Waals surface area (Å²) in [5, 5.41) is 33.2. The van der Waals surface area contributed by atoms with Gasteiger partial charge in [0.15, 0.2) is 0 Å². The molecule has 4 rings (SSSR count). The lowest BCUT2D eigenvalue weighted by Gasteiger charge is -2.18. The number of hydrogen-bond donors (Lipinski definition) is 4. The molecule has 2 aromatic carbocycles. The molecule has 1 aliphatic rings. The molecule has 0 bridgehead atoms. The van der Waals surface area contributed by atoms with Crippen LogP contribution in [-0.4, -0.2) is 88.9 Å². The zero-order valence-electron chi connectivity index (χ0n) is 23.9. The normalized spacial score (nSPS) is 21.7. The van der Waals surface area contributed by atoms with Gasteiger partial charge in [0.25, 0.3) is 5.91 Å². The van der Waals surface area contributed by atoms with Gasteiger partial charge < -0.3 is 30.2 Å². The number of benzene rings is 2. The van der Waals surface area contributed by atoms with Crippen LogP contribution in [-0.2, 0) is 30.6 Å². The Hall–Kier alpha value is -3.67. The van der Waals surface area contributed by atoms with Gasteiger partial charge in [-0.3, -0.25) is 8.98 Å². The summed E-state index contributed by atoms with van der Waals surface area (Å²) < 4.78 is 47.6. The number of aliphatic hydroxyl groups excluding tert-OH is 2. The smallest absolute Gasteiger partial charge is 0.362 e. The third kappa shape index (κ3) is 8.46. The van der Waals surface area contributed by atoms with Gasteiger partial charge in [-0.25, -0.2) is 4.72 Å². The average molecular weight is 621 g/mol. The summed E-state index contributed by atoms with van der Waals surface area (Å²) in [6, 6.07) is 13.3. The molecule has 2 heterocycles. The molecule has 1 aliphatic heterocycles. The van der Waals surface area contributed by atoms with E-state index < -0.39 is 53.3 Å². The molecule has 5 N–H and O–H groups in total. The maximum atomic E-state index is 12.2. The van der Waals surface area contributed by atoms with E-state index in [1.54, 1.807) is 67.3 Å². The van der Waals surface area contributed by atoms with Crippen LogP contribution < -0.4 is 19.9 Å². The van der Waals surface area contributed by atoms with Crippen LogP contribution >= 0.6 is 0 Å². The van der Waals surface area contributed by atoms with E-state index in [1.165, 1.54) is 4.80 Å². The van der Waals surface area contributed by atoms with Crippen molar-refractivity contribution in [2.45, 2.75) is 63.7 Å². The van der Waals surface area contributed by atoms with Crippen LogP contribution in [0.2, 0.25) is 0 Å². The standard InChI is InChI=1S/C27H36N6O9S/c1-4-16(2)23(28)27(36)31-43(37,38)40-15-22-25(35)24(34)21(42-22)13-14-33-30-26(29-32-33)17-5-7-19(8-6-17)41-20-11-9-18(39-3)10-12-20/h5-12,16,21-25,34-35H,4,13-15,28H2,1-3H3,(H,31,36)/t16-,21-,22+,23-,24-,25+/m0/s1. The molecule has 234 valence electrons. The van der Waals surface area contributed by atoms with Gasteiger partial charge in [0.2, 0.25) is 5.82 Å². The topological polar surface area (TPSA) is 210 Å². The van der Waals surface area contributed by atoms with Crippen molar-refractivity contribution in [1.82, 2.24) is 24.9 Å². The zero-order chi connectivity index (χ0) is 31.1. The van der Waals surface area contributed by atoms with Gasteiger partial charge in [-0.05, 0) is 66.1 Å². The Morgan fingerprint density at radius 2 is 1.67 bits per heavy atom. The fourth-order valence-corrected chi connectivity index (χ4v) is 4.99. The number of carbonyl (C=O) groups is 1. The lowest BCUT2D eigenvalue weighted by atomic mass is 10.00. The molecule has 15 nitrogen and oxygen atoms in total. The summed E-state index contributed by atoms with van der Waals surface area (Å²) in [5.74, 6) is 1.23. The number of nitrogens with zero attached hydrogens (tertiary/aromatic N) is 4. The van der Waals surface area contributed by atoms with E-state index in [0.717, 1.165) is 5.75 Å². The minimum atomic E-state index is -4.51. The lowest BCUT2D eigenvalue weighted by molar-refractivity contribution is -0.121. The number of methoxy groups -OCH3 is 1. The van der Waals surface area contributed by atoms with Crippen LogP contribution in [0.3, 0.4) is 0 Å². The largest absolute Gasteiger partial charge is 0.497 e. The second-order valence-corrected chi connectivity index (χ2v) is 11.5. The highest BCUT2D eigenvalue weighted by Gasteiger charge is 2.43. The van der Waals surface area contributed by atoms with Crippen molar-refractivity contribution < 1.29 is 41.8 Å². The maximum absolute atomic E-state index is 12.2. The van der Waals surface area contributed by atoms with Gasteiger partial charge in [0.1, 0.15) is 35.6 Å². The van der Waals surface area contributed by atoms with E-state index in [2.05, 4.69) is 15.4 Å². The molecular weight excluding hydrogens is 584 g/mol.